The molecule has 7 heteroatoms. The second kappa shape index (κ2) is 6.76. The summed E-state index contributed by atoms with van der Waals surface area (Å²) in [4.78, 5) is 1.99. The third-order valence-electron chi connectivity index (χ3n) is 4.21. The Kier molecular flexibility index (Phi) is 4.88. The number of alkyl halides is 3. The normalized spacial score (nSPS) is 15.5. The van der Waals surface area contributed by atoms with Crippen LogP contribution < -0.4 is 0 Å². The summed E-state index contributed by atoms with van der Waals surface area (Å²) in [6.07, 6.45) is -4.78. The highest BCUT2D eigenvalue weighted by Gasteiger charge is 2.27. The molecule has 1 aliphatic heterocycles. The Morgan fingerprint density at radius 1 is 1.12 bits per heavy atom. The Hall–Kier alpha value is -1.53. The number of halogens is 5. The van der Waals surface area contributed by atoms with Gasteiger partial charge < -0.3 is 4.57 Å². The standard InChI is InChI=1S/C17H17ClF4N2/c18-16-15(12-3-1-4-13(19)9-12)10-14-11-23(7-8-24(14)16)6-2-5-17(20,21)22/h1,3-4,9-10H,2,5-8,11H2. The Morgan fingerprint density at radius 2 is 1.92 bits per heavy atom. The van der Waals surface area contributed by atoms with E-state index in [1.54, 1.807) is 12.1 Å². The van der Waals surface area contributed by atoms with Gasteiger partial charge in [0.1, 0.15) is 11.0 Å². The van der Waals surface area contributed by atoms with Gasteiger partial charge in [0.2, 0.25) is 0 Å². The molecule has 0 aliphatic carbocycles. The quantitative estimate of drug-likeness (QED) is 0.688. The lowest BCUT2D eigenvalue weighted by molar-refractivity contribution is -0.136. The molecule has 2 heterocycles. The molecule has 1 aromatic heterocycles. The van der Waals surface area contributed by atoms with Gasteiger partial charge in [0.05, 0.1) is 0 Å². The van der Waals surface area contributed by atoms with Crippen molar-refractivity contribution >= 4 is 11.6 Å². The van der Waals surface area contributed by atoms with Crippen molar-refractivity contribution in [1.29, 1.82) is 0 Å². The SMILES string of the molecule is Fc1cccc(-c2cc3n(c2Cl)CCN(CCCC(F)(F)F)C3)c1. The zero-order chi connectivity index (χ0) is 17.3. The van der Waals surface area contributed by atoms with Crippen molar-refractivity contribution in [1.82, 2.24) is 9.47 Å². The Morgan fingerprint density at radius 3 is 2.62 bits per heavy atom. The number of fused-ring (bicyclic) bond motifs is 1. The summed E-state index contributed by atoms with van der Waals surface area (Å²) >= 11 is 6.41. The zero-order valence-corrected chi connectivity index (χ0v) is 13.7. The van der Waals surface area contributed by atoms with Gasteiger partial charge in [-0.1, -0.05) is 23.7 Å². The minimum atomic E-state index is -4.11. The smallest absolute Gasteiger partial charge is 0.333 e. The molecule has 2 nitrogen and oxygen atoms in total. The first-order chi connectivity index (χ1) is 11.3. The highest BCUT2D eigenvalue weighted by Crippen LogP contribution is 2.34. The molecule has 1 aromatic carbocycles. The number of benzene rings is 1. The van der Waals surface area contributed by atoms with Crippen molar-refractivity contribution in [2.45, 2.75) is 32.1 Å². The monoisotopic (exact) mass is 360 g/mol. The maximum Gasteiger partial charge on any atom is 0.389 e. The Balaban J connectivity index is 1.72. The molecule has 0 unspecified atom stereocenters. The summed E-state index contributed by atoms with van der Waals surface area (Å²) in [7, 11) is 0. The summed E-state index contributed by atoms with van der Waals surface area (Å²) in [5.74, 6) is -0.332. The summed E-state index contributed by atoms with van der Waals surface area (Å²) in [5.41, 5.74) is 2.39. The Bertz CT molecular complexity index is 724. The first-order valence-electron chi connectivity index (χ1n) is 7.76. The number of rotatable bonds is 4. The van der Waals surface area contributed by atoms with E-state index in [0.29, 0.717) is 36.9 Å². The van der Waals surface area contributed by atoms with Crippen LogP contribution in [-0.4, -0.2) is 28.7 Å². The highest BCUT2D eigenvalue weighted by atomic mass is 35.5. The van der Waals surface area contributed by atoms with Crippen molar-refractivity contribution in [2.75, 3.05) is 13.1 Å². The van der Waals surface area contributed by atoms with Gasteiger partial charge in [-0.15, -0.1) is 0 Å². The molecule has 0 amide bonds. The minimum Gasteiger partial charge on any atom is -0.333 e. The molecular formula is C17H17ClF4N2. The average molecular weight is 361 g/mol. The number of aromatic nitrogens is 1. The molecule has 0 fully saturated rings. The van der Waals surface area contributed by atoms with Crippen LogP contribution in [0.2, 0.25) is 5.15 Å². The van der Waals surface area contributed by atoms with Crippen LogP contribution in [0.5, 0.6) is 0 Å². The van der Waals surface area contributed by atoms with Crippen LogP contribution in [-0.2, 0) is 13.1 Å². The molecule has 0 radical (unpaired) electrons. The van der Waals surface area contributed by atoms with E-state index in [1.807, 2.05) is 15.5 Å². The van der Waals surface area contributed by atoms with Gasteiger partial charge in [0.25, 0.3) is 0 Å². The van der Waals surface area contributed by atoms with E-state index in [9.17, 15) is 17.6 Å². The molecule has 0 bridgehead atoms. The van der Waals surface area contributed by atoms with Gasteiger partial charge in [-0.2, -0.15) is 13.2 Å². The van der Waals surface area contributed by atoms with Gasteiger partial charge in [0, 0.05) is 37.3 Å². The lowest BCUT2D eigenvalue weighted by Crippen LogP contribution is -2.34. The molecule has 0 saturated heterocycles. The van der Waals surface area contributed by atoms with Gasteiger partial charge in [-0.3, -0.25) is 4.90 Å². The summed E-state index contributed by atoms with van der Waals surface area (Å²) in [5, 5.41) is 0.547. The molecule has 0 saturated carbocycles. The first kappa shape index (κ1) is 17.3. The fourth-order valence-corrected chi connectivity index (χ4v) is 3.41. The molecule has 2 aromatic rings. The van der Waals surface area contributed by atoms with E-state index in [-0.39, 0.29) is 12.2 Å². The van der Waals surface area contributed by atoms with E-state index >= 15 is 0 Å². The third-order valence-corrected chi connectivity index (χ3v) is 4.62. The topological polar surface area (TPSA) is 8.17 Å². The maximum atomic E-state index is 13.4. The molecule has 3 rings (SSSR count). The van der Waals surface area contributed by atoms with Crippen LogP contribution in [0.4, 0.5) is 17.6 Å². The van der Waals surface area contributed by atoms with Crippen LogP contribution in [0.3, 0.4) is 0 Å². The fraction of sp³-hybridized carbons (Fsp3) is 0.412. The minimum absolute atomic E-state index is 0.0920. The maximum absolute atomic E-state index is 13.4. The third kappa shape index (κ3) is 3.92. The molecule has 130 valence electrons. The van der Waals surface area contributed by atoms with Crippen molar-refractivity contribution in [3.05, 3.63) is 47.0 Å². The lowest BCUT2D eigenvalue weighted by Gasteiger charge is -2.28. The highest BCUT2D eigenvalue weighted by molar-refractivity contribution is 6.32. The van der Waals surface area contributed by atoms with Crippen LogP contribution in [0.25, 0.3) is 11.1 Å². The zero-order valence-electron chi connectivity index (χ0n) is 12.9. The first-order valence-corrected chi connectivity index (χ1v) is 8.14. The van der Waals surface area contributed by atoms with Crippen molar-refractivity contribution in [2.24, 2.45) is 0 Å². The van der Waals surface area contributed by atoms with Gasteiger partial charge in [-0.05, 0) is 36.7 Å². The second-order valence-corrected chi connectivity index (χ2v) is 6.36. The molecule has 0 spiro atoms. The molecule has 0 N–H and O–H groups in total. The van der Waals surface area contributed by atoms with E-state index in [2.05, 4.69) is 0 Å². The molecular weight excluding hydrogens is 344 g/mol. The number of hydrogen-bond acceptors (Lipinski definition) is 1. The summed E-state index contributed by atoms with van der Waals surface area (Å²) in [6.45, 7) is 2.22. The Labute approximate surface area is 142 Å². The van der Waals surface area contributed by atoms with Crippen LogP contribution in [0.15, 0.2) is 30.3 Å². The van der Waals surface area contributed by atoms with Crippen LogP contribution in [0.1, 0.15) is 18.5 Å². The molecule has 24 heavy (non-hydrogen) atoms. The predicted octanol–water partition coefficient (Wildman–Crippen LogP) is 5.11. The van der Waals surface area contributed by atoms with E-state index in [0.717, 1.165) is 11.3 Å². The summed E-state index contributed by atoms with van der Waals surface area (Å²) < 4.78 is 52.1. The number of hydrogen-bond donors (Lipinski definition) is 0. The van der Waals surface area contributed by atoms with Crippen molar-refractivity contribution in [3.8, 4) is 11.1 Å². The second-order valence-electron chi connectivity index (χ2n) is 6.00. The van der Waals surface area contributed by atoms with Gasteiger partial charge >= 0.3 is 6.18 Å². The van der Waals surface area contributed by atoms with E-state index < -0.39 is 12.6 Å². The largest absolute Gasteiger partial charge is 0.389 e. The summed E-state index contributed by atoms with van der Waals surface area (Å²) in [6, 6.07) is 8.11. The molecule has 1 aliphatic rings. The van der Waals surface area contributed by atoms with Gasteiger partial charge in [-0.25, -0.2) is 4.39 Å². The van der Waals surface area contributed by atoms with E-state index in [4.69, 9.17) is 11.6 Å². The average Bonchev–Trinajstić information content (AvgIpc) is 2.83. The van der Waals surface area contributed by atoms with Crippen molar-refractivity contribution < 1.29 is 17.6 Å². The predicted molar refractivity (Wildman–Crippen MR) is 85.4 cm³/mol. The van der Waals surface area contributed by atoms with Gasteiger partial charge in [0.15, 0.2) is 0 Å². The fourth-order valence-electron chi connectivity index (χ4n) is 3.05. The van der Waals surface area contributed by atoms with Crippen LogP contribution in [0, 0.1) is 5.82 Å². The van der Waals surface area contributed by atoms with E-state index in [1.165, 1.54) is 12.1 Å². The number of nitrogens with zero attached hydrogens (tertiary/aromatic N) is 2. The lowest BCUT2D eigenvalue weighted by atomic mass is 10.1. The van der Waals surface area contributed by atoms with Crippen molar-refractivity contribution in [3.63, 3.8) is 0 Å². The molecule has 0 atom stereocenters. The van der Waals surface area contributed by atoms with Crippen LogP contribution >= 0.6 is 11.6 Å².